The van der Waals surface area contributed by atoms with Gasteiger partial charge in [0.25, 0.3) is 0 Å². The molecule has 3 heteroatoms. The lowest BCUT2D eigenvalue weighted by molar-refractivity contribution is -0.148. The molecule has 3 nitrogen and oxygen atoms in total. The van der Waals surface area contributed by atoms with Crippen molar-refractivity contribution in [3.8, 4) is 11.1 Å². The molecule has 110 valence electrons. The number of hydrogen-bond acceptors (Lipinski definition) is 3. The molecule has 2 aromatic rings. The van der Waals surface area contributed by atoms with Crippen LogP contribution in [0.4, 0.5) is 0 Å². The van der Waals surface area contributed by atoms with E-state index < -0.39 is 11.4 Å². The zero-order valence-electron chi connectivity index (χ0n) is 12.5. The molecule has 0 N–H and O–H groups in total. The van der Waals surface area contributed by atoms with E-state index in [9.17, 15) is 9.59 Å². The minimum absolute atomic E-state index is 0.207. The Labute approximate surface area is 129 Å². The number of hydrogen-bond donors (Lipinski definition) is 0. The highest BCUT2D eigenvalue weighted by Gasteiger charge is 2.56. The van der Waals surface area contributed by atoms with Gasteiger partial charge < -0.3 is 4.74 Å². The first-order valence-corrected chi connectivity index (χ1v) is 7.08. The molecule has 0 bridgehead atoms. The largest absolute Gasteiger partial charge is 0.468 e. The molecule has 0 amide bonds. The summed E-state index contributed by atoms with van der Waals surface area (Å²) in [5.74, 6) is -0.719. The summed E-state index contributed by atoms with van der Waals surface area (Å²) in [5.41, 5.74) is 2.65. The predicted molar refractivity (Wildman–Crippen MR) is 85.0 cm³/mol. The summed E-state index contributed by atoms with van der Waals surface area (Å²) in [5, 5.41) is 0. The van der Waals surface area contributed by atoms with Crippen LogP contribution in [0.5, 0.6) is 0 Å². The van der Waals surface area contributed by atoms with Crippen molar-refractivity contribution >= 4 is 17.3 Å². The zero-order valence-corrected chi connectivity index (χ0v) is 12.5. The monoisotopic (exact) mass is 292 g/mol. The average molecular weight is 292 g/mol. The van der Waals surface area contributed by atoms with Crippen molar-refractivity contribution in [2.24, 2.45) is 5.41 Å². The third-order valence-electron chi connectivity index (χ3n) is 4.07. The average Bonchev–Trinajstić information content (AvgIpc) is 3.32. The Morgan fingerprint density at radius 2 is 1.41 bits per heavy atom. The van der Waals surface area contributed by atoms with Crippen molar-refractivity contribution in [3.63, 3.8) is 0 Å². The maximum Gasteiger partial charge on any atom is 0.327 e. The van der Waals surface area contributed by atoms with Crippen LogP contribution in [0, 0.1) is 5.41 Å². The molecule has 0 radical (unpaired) electrons. The van der Waals surface area contributed by atoms with Gasteiger partial charge in [-0.25, -0.2) is 0 Å². The van der Waals surface area contributed by atoms with Gasteiger partial charge in [0, 0.05) is 0 Å². The van der Waals surface area contributed by atoms with Gasteiger partial charge >= 0.3 is 5.97 Å². The number of benzene rings is 2. The van der Waals surface area contributed by atoms with Crippen LogP contribution in [0.25, 0.3) is 16.7 Å². The lowest BCUT2D eigenvalue weighted by Crippen LogP contribution is -2.28. The Kier molecular flexibility index (Phi) is 3.41. The van der Waals surface area contributed by atoms with E-state index in [0.29, 0.717) is 0 Å². The SMILES string of the molecule is COC(=O)[C@]1(C(C)=O)C=C1c1ccc(-c2ccccc2)cc1. The number of carbonyl (C=O) groups is 2. The van der Waals surface area contributed by atoms with Gasteiger partial charge in [0.05, 0.1) is 7.11 Å². The molecule has 0 aliphatic heterocycles. The molecule has 0 aromatic heterocycles. The summed E-state index contributed by atoms with van der Waals surface area (Å²) >= 11 is 0. The summed E-state index contributed by atoms with van der Waals surface area (Å²) in [4.78, 5) is 23.8. The van der Waals surface area contributed by atoms with Crippen molar-refractivity contribution in [2.75, 3.05) is 7.11 Å². The Morgan fingerprint density at radius 1 is 0.864 bits per heavy atom. The Morgan fingerprint density at radius 3 is 1.95 bits per heavy atom. The van der Waals surface area contributed by atoms with E-state index >= 15 is 0 Å². The summed E-state index contributed by atoms with van der Waals surface area (Å²) in [6, 6.07) is 17.9. The minimum atomic E-state index is -1.18. The van der Waals surface area contributed by atoms with Gasteiger partial charge in [0.1, 0.15) is 0 Å². The van der Waals surface area contributed by atoms with Crippen LogP contribution in [0.15, 0.2) is 60.7 Å². The van der Waals surface area contributed by atoms with Crippen molar-refractivity contribution in [1.82, 2.24) is 0 Å². The predicted octanol–water partition coefficient (Wildman–Crippen LogP) is 3.50. The van der Waals surface area contributed by atoms with Crippen molar-refractivity contribution < 1.29 is 14.3 Å². The van der Waals surface area contributed by atoms with Crippen LogP contribution in [-0.4, -0.2) is 18.9 Å². The van der Waals surface area contributed by atoms with Crippen LogP contribution in [-0.2, 0) is 14.3 Å². The zero-order chi connectivity index (χ0) is 15.7. The van der Waals surface area contributed by atoms with Crippen LogP contribution < -0.4 is 0 Å². The molecule has 1 aliphatic carbocycles. The van der Waals surface area contributed by atoms with Crippen molar-refractivity contribution in [1.29, 1.82) is 0 Å². The van der Waals surface area contributed by atoms with Crippen LogP contribution in [0.3, 0.4) is 0 Å². The molecule has 0 heterocycles. The maximum atomic E-state index is 11.9. The first-order chi connectivity index (χ1) is 10.6. The molecule has 22 heavy (non-hydrogen) atoms. The van der Waals surface area contributed by atoms with E-state index in [2.05, 4.69) is 0 Å². The quantitative estimate of drug-likeness (QED) is 0.640. The van der Waals surface area contributed by atoms with Crippen LogP contribution >= 0.6 is 0 Å². The number of carbonyl (C=O) groups excluding carboxylic acids is 2. The molecule has 0 fully saturated rings. The van der Waals surface area contributed by atoms with E-state index in [4.69, 9.17) is 4.74 Å². The van der Waals surface area contributed by atoms with Crippen LogP contribution in [0.1, 0.15) is 12.5 Å². The second-order valence-corrected chi connectivity index (χ2v) is 5.36. The summed E-state index contributed by atoms with van der Waals surface area (Å²) in [6.45, 7) is 1.42. The Bertz CT molecular complexity index is 757. The second kappa shape index (κ2) is 5.26. The highest BCUT2D eigenvalue weighted by molar-refractivity contribution is 6.24. The normalized spacial score (nSPS) is 19.3. The number of methoxy groups -OCH3 is 1. The maximum absolute atomic E-state index is 11.9. The van der Waals surface area contributed by atoms with E-state index in [-0.39, 0.29) is 5.78 Å². The molecule has 2 aromatic carbocycles. The molecule has 1 aliphatic rings. The molecule has 1 atom stereocenters. The fourth-order valence-corrected chi connectivity index (χ4v) is 2.73. The molecular weight excluding hydrogens is 276 g/mol. The lowest BCUT2D eigenvalue weighted by atomic mass is 9.91. The molecule has 3 rings (SSSR count). The molecular formula is C19H16O3. The van der Waals surface area contributed by atoms with Crippen molar-refractivity contribution in [2.45, 2.75) is 6.92 Å². The van der Waals surface area contributed by atoms with Crippen LogP contribution in [0.2, 0.25) is 0 Å². The third kappa shape index (κ3) is 2.15. The fourth-order valence-electron chi connectivity index (χ4n) is 2.73. The fraction of sp³-hybridized carbons (Fsp3) is 0.158. The smallest absolute Gasteiger partial charge is 0.327 e. The highest BCUT2D eigenvalue weighted by atomic mass is 16.5. The molecule has 0 saturated heterocycles. The molecule has 0 spiro atoms. The van der Waals surface area contributed by atoms with Gasteiger partial charge in [-0.3, -0.25) is 9.59 Å². The number of rotatable bonds is 4. The summed E-state index contributed by atoms with van der Waals surface area (Å²) in [6.07, 6.45) is 1.68. The lowest BCUT2D eigenvalue weighted by Gasteiger charge is -2.12. The first kappa shape index (κ1) is 14.3. The van der Waals surface area contributed by atoms with E-state index in [1.807, 2.05) is 54.6 Å². The third-order valence-corrected chi connectivity index (χ3v) is 4.07. The summed E-state index contributed by atoms with van der Waals surface area (Å²) in [7, 11) is 1.30. The first-order valence-electron chi connectivity index (χ1n) is 7.08. The number of Topliss-reactive ketones (excluding diaryl/α,β-unsaturated/α-hetero) is 1. The van der Waals surface area contributed by atoms with Gasteiger partial charge in [0.2, 0.25) is 0 Å². The van der Waals surface area contributed by atoms with Gasteiger partial charge in [-0.05, 0) is 35.3 Å². The summed E-state index contributed by atoms with van der Waals surface area (Å²) < 4.78 is 4.77. The number of esters is 1. The molecule has 0 unspecified atom stereocenters. The van der Waals surface area contributed by atoms with Crippen molar-refractivity contribution in [3.05, 3.63) is 66.2 Å². The minimum Gasteiger partial charge on any atom is -0.468 e. The van der Waals surface area contributed by atoms with Gasteiger partial charge in [-0.15, -0.1) is 0 Å². The van der Waals surface area contributed by atoms with Gasteiger partial charge in [-0.1, -0.05) is 54.6 Å². The number of ketones is 1. The van der Waals surface area contributed by atoms with E-state index in [1.54, 1.807) is 6.08 Å². The Balaban J connectivity index is 1.88. The standard InChI is InChI=1S/C19H16O3/c1-13(20)19(18(21)22-2)12-17(19)16-10-8-15(9-11-16)14-6-4-3-5-7-14/h3-12H,1-2H3/t19-/m0/s1. The number of ether oxygens (including phenoxy) is 1. The highest BCUT2D eigenvalue weighted by Crippen LogP contribution is 2.52. The molecule has 0 saturated carbocycles. The van der Waals surface area contributed by atoms with Gasteiger partial charge in [0.15, 0.2) is 11.2 Å². The topological polar surface area (TPSA) is 43.4 Å². The van der Waals surface area contributed by atoms with E-state index in [1.165, 1.54) is 14.0 Å². The second-order valence-electron chi connectivity index (χ2n) is 5.36. The van der Waals surface area contributed by atoms with E-state index in [0.717, 1.165) is 22.3 Å². The van der Waals surface area contributed by atoms with Gasteiger partial charge in [-0.2, -0.15) is 0 Å². The Hall–Kier alpha value is -2.68.